The van der Waals surface area contributed by atoms with Gasteiger partial charge in [0.25, 0.3) is 0 Å². The van der Waals surface area contributed by atoms with Gasteiger partial charge >= 0.3 is 0 Å². The van der Waals surface area contributed by atoms with Crippen molar-refractivity contribution in [1.82, 2.24) is 0 Å². The Morgan fingerprint density at radius 3 is 1.19 bits per heavy atom. The summed E-state index contributed by atoms with van der Waals surface area (Å²) in [7, 11) is 0. The molecule has 0 radical (unpaired) electrons. The van der Waals surface area contributed by atoms with Crippen molar-refractivity contribution in [3.05, 3.63) is 73.8 Å². The third kappa shape index (κ3) is 3.88. The average Bonchev–Trinajstić information content (AvgIpc) is 2.41. The minimum absolute atomic E-state index is 0.691. The Bertz CT molecular complexity index is 344. The van der Waals surface area contributed by atoms with E-state index in [1.165, 1.54) is 0 Å². The minimum Gasteiger partial charge on any atom is -0.290 e. The molecule has 2 aromatic rings. The van der Waals surface area contributed by atoms with Crippen LogP contribution in [0.2, 0.25) is 0 Å². The van der Waals surface area contributed by atoms with E-state index in [1.807, 2.05) is 60.7 Å². The van der Waals surface area contributed by atoms with Crippen LogP contribution in [0.5, 0.6) is 11.5 Å². The Kier molecular flexibility index (Phi) is 5.28. The van der Waals surface area contributed by atoms with Gasteiger partial charge in [-0.2, -0.15) is 0 Å². The fraction of sp³-hybridized carbons (Fsp3) is 0. The lowest BCUT2D eigenvalue weighted by Crippen LogP contribution is -1.99. The summed E-state index contributed by atoms with van der Waals surface area (Å²) in [5.41, 5.74) is 0. The molecule has 2 aromatic carbocycles. The third-order valence-corrected chi connectivity index (χ3v) is 1.72. The van der Waals surface area contributed by atoms with Gasteiger partial charge in [-0.1, -0.05) is 36.4 Å². The molecule has 0 unspecified atom stereocenters. The van der Waals surface area contributed by atoms with Gasteiger partial charge in [0.1, 0.15) is 0 Å². The van der Waals surface area contributed by atoms with E-state index < -0.39 is 0 Å². The molecule has 0 aliphatic heterocycles. The number of rotatable bonds is 3. The summed E-state index contributed by atoms with van der Waals surface area (Å²) in [6.45, 7) is 6.00. The van der Waals surface area contributed by atoms with Crippen molar-refractivity contribution in [1.29, 1.82) is 0 Å². The molecule has 16 heavy (non-hydrogen) atoms. The van der Waals surface area contributed by atoms with Gasteiger partial charge in [0.05, 0.1) is 0 Å². The van der Waals surface area contributed by atoms with Gasteiger partial charge in [-0.3, -0.25) is 9.78 Å². The Labute approximate surface area is 95.7 Å². The molecule has 0 atom stereocenters. The predicted octanol–water partition coefficient (Wildman–Crippen LogP) is 3.86. The summed E-state index contributed by atoms with van der Waals surface area (Å²) < 4.78 is 0. The Morgan fingerprint density at radius 1 is 0.562 bits per heavy atom. The second kappa shape index (κ2) is 7.12. The topological polar surface area (TPSA) is 18.5 Å². The zero-order chi connectivity index (χ0) is 11.6. The van der Waals surface area contributed by atoms with Gasteiger partial charge in [-0.05, 0) is 24.3 Å². The molecule has 82 valence electrons. The smallest absolute Gasteiger partial charge is 0.178 e. The molecular formula is C14H14O2. The lowest BCUT2D eigenvalue weighted by atomic mass is 10.3. The molecule has 0 aliphatic rings. The summed E-state index contributed by atoms with van der Waals surface area (Å²) in [5, 5.41) is 0. The second-order valence-corrected chi connectivity index (χ2v) is 2.79. The van der Waals surface area contributed by atoms with Crippen LogP contribution in [-0.2, 0) is 0 Å². The summed E-state index contributed by atoms with van der Waals surface area (Å²) >= 11 is 0. The van der Waals surface area contributed by atoms with E-state index in [-0.39, 0.29) is 0 Å². The summed E-state index contributed by atoms with van der Waals surface area (Å²) in [6.07, 6.45) is 0. The van der Waals surface area contributed by atoms with E-state index in [9.17, 15) is 0 Å². The van der Waals surface area contributed by atoms with Crippen LogP contribution in [0.15, 0.2) is 73.8 Å². The van der Waals surface area contributed by atoms with Gasteiger partial charge in [-0.25, -0.2) is 0 Å². The zero-order valence-electron chi connectivity index (χ0n) is 9.00. The van der Waals surface area contributed by atoms with Crippen LogP contribution in [0, 0.1) is 0 Å². The first-order valence-corrected chi connectivity index (χ1v) is 4.90. The zero-order valence-corrected chi connectivity index (χ0v) is 9.00. The van der Waals surface area contributed by atoms with E-state index in [4.69, 9.17) is 9.78 Å². The largest absolute Gasteiger partial charge is 0.290 e. The summed E-state index contributed by atoms with van der Waals surface area (Å²) in [6, 6.07) is 18.8. The van der Waals surface area contributed by atoms with Gasteiger partial charge in [0.15, 0.2) is 11.5 Å². The maximum absolute atomic E-state index is 5.09. The number of para-hydroxylation sites is 2. The summed E-state index contributed by atoms with van der Waals surface area (Å²) in [5.74, 6) is 1.38. The van der Waals surface area contributed by atoms with Gasteiger partial charge in [-0.15, -0.1) is 13.2 Å². The molecule has 2 nitrogen and oxygen atoms in total. The normalized spacial score (nSPS) is 8.50. The van der Waals surface area contributed by atoms with Crippen LogP contribution in [0.1, 0.15) is 0 Å². The van der Waals surface area contributed by atoms with Crippen LogP contribution < -0.4 is 9.78 Å². The second-order valence-electron chi connectivity index (χ2n) is 2.79. The van der Waals surface area contributed by atoms with Crippen molar-refractivity contribution >= 4 is 0 Å². The first kappa shape index (κ1) is 11.9. The highest BCUT2D eigenvalue weighted by Crippen LogP contribution is 2.13. The van der Waals surface area contributed by atoms with E-state index in [2.05, 4.69) is 13.2 Å². The van der Waals surface area contributed by atoms with E-state index in [1.54, 1.807) is 0 Å². The highest BCUT2D eigenvalue weighted by atomic mass is 17.2. The average molecular weight is 214 g/mol. The molecule has 0 fully saturated rings. The van der Waals surface area contributed by atoms with Crippen molar-refractivity contribution in [3.63, 3.8) is 0 Å². The maximum Gasteiger partial charge on any atom is 0.178 e. The van der Waals surface area contributed by atoms with Gasteiger partial charge in [0.2, 0.25) is 0 Å². The molecule has 0 N–H and O–H groups in total. The van der Waals surface area contributed by atoms with Crippen LogP contribution in [-0.4, -0.2) is 0 Å². The first-order valence-electron chi connectivity index (χ1n) is 4.90. The van der Waals surface area contributed by atoms with E-state index in [0.717, 1.165) is 0 Å². The molecule has 2 rings (SSSR count). The van der Waals surface area contributed by atoms with E-state index in [0.29, 0.717) is 11.5 Å². The van der Waals surface area contributed by atoms with Crippen molar-refractivity contribution in [2.24, 2.45) is 0 Å². The Hall–Kier alpha value is -2.22. The minimum atomic E-state index is 0.691. The molecule has 0 bridgehead atoms. The molecule has 0 amide bonds. The number of benzene rings is 2. The maximum atomic E-state index is 5.09. The van der Waals surface area contributed by atoms with Crippen LogP contribution in [0.25, 0.3) is 0 Å². The van der Waals surface area contributed by atoms with Crippen molar-refractivity contribution in [2.75, 3.05) is 0 Å². The Morgan fingerprint density at radius 2 is 0.875 bits per heavy atom. The monoisotopic (exact) mass is 214 g/mol. The highest BCUT2D eigenvalue weighted by molar-refractivity contribution is 5.23. The van der Waals surface area contributed by atoms with Crippen molar-refractivity contribution in [3.8, 4) is 11.5 Å². The third-order valence-electron chi connectivity index (χ3n) is 1.72. The lowest BCUT2D eigenvalue weighted by Gasteiger charge is -2.04. The Balaban J connectivity index is 0.000000606. The SMILES string of the molecule is C=C.c1ccc(OOc2ccccc2)cc1. The van der Waals surface area contributed by atoms with Gasteiger partial charge in [0, 0.05) is 0 Å². The van der Waals surface area contributed by atoms with Crippen LogP contribution in [0.3, 0.4) is 0 Å². The molecule has 0 spiro atoms. The molecule has 0 aliphatic carbocycles. The number of hydrogen-bond donors (Lipinski definition) is 0. The lowest BCUT2D eigenvalue weighted by molar-refractivity contribution is -0.0999. The fourth-order valence-corrected chi connectivity index (χ4v) is 1.05. The van der Waals surface area contributed by atoms with Crippen LogP contribution >= 0.6 is 0 Å². The molecule has 0 aromatic heterocycles. The molecule has 0 saturated heterocycles. The molecule has 2 heteroatoms. The number of hydrogen-bond acceptors (Lipinski definition) is 2. The molecule has 0 heterocycles. The van der Waals surface area contributed by atoms with Crippen molar-refractivity contribution in [2.45, 2.75) is 0 Å². The predicted molar refractivity (Wildman–Crippen MR) is 65.4 cm³/mol. The summed E-state index contributed by atoms with van der Waals surface area (Å²) in [4.78, 5) is 10.2. The first-order chi connectivity index (χ1) is 7.95. The van der Waals surface area contributed by atoms with Crippen molar-refractivity contribution < 1.29 is 9.78 Å². The van der Waals surface area contributed by atoms with Gasteiger partial charge < -0.3 is 0 Å². The standard InChI is InChI=1S/C12H10O2.C2H4/c1-3-7-11(8-4-1)13-14-12-9-5-2-6-10-12;1-2/h1-10H;1-2H2. The van der Waals surface area contributed by atoms with Crippen LogP contribution in [0.4, 0.5) is 0 Å². The molecule has 0 saturated carbocycles. The fourth-order valence-electron chi connectivity index (χ4n) is 1.05. The quantitative estimate of drug-likeness (QED) is 0.439. The van der Waals surface area contributed by atoms with E-state index >= 15 is 0 Å². The highest BCUT2D eigenvalue weighted by Gasteiger charge is 1.94. The molecular weight excluding hydrogens is 200 g/mol.